The average molecular weight is 494 g/mol. The van der Waals surface area contributed by atoms with Crippen LogP contribution in [0, 0.1) is 10.8 Å². The van der Waals surface area contributed by atoms with Crippen molar-refractivity contribution in [2.24, 2.45) is 10.8 Å². The predicted molar refractivity (Wildman–Crippen MR) is 93.5 cm³/mol. The van der Waals surface area contributed by atoms with Crippen LogP contribution in [-0.4, -0.2) is 73.3 Å². The summed E-state index contributed by atoms with van der Waals surface area (Å²) in [5.41, 5.74) is -19.3. The van der Waals surface area contributed by atoms with E-state index in [1.54, 1.807) is 0 Å². The maximum atomic E-state index is 15.7. The van der Waals surface area contributed by atoms with E-state index in [1.165, 1.54) is 0 Å². The van der Waals surface area contributed by atoms with Crippen LogP contribution in [0.1, 0.15) is 13.8 Å². The van der Waals surface area contributed by atoms with Crippen LogP contribution in [0.4, 0.5) is 39.5 Å². The molecule has 0 aromatic carbocycles. The Bertz CT molecular complexity index is 927. The van der Waals surface area contributed by atoms with Crippen molar-refractivity contribution >= 4 is 11.9 Å². The SMILES string of the molecule is C=C(C)C(=O)OCC12C(F)C3(F)C(F)C(F)(C1F)C(F)(F)C(COC(=O)C(=C)C)(C3F)C2F. The van der Waals surface area contributed by atoms with Gasteiger partial charge in [0.25, 0.3) is 0 Å². The Labute approximate surface area is 181 Å². The Kier molecular flexibility index (Phi) is 5.50. The summed E-state index contributed by atoms with van der Waals surface area (Å²) in [7, 11) is 0. The lowest BCUT2D eigenvalue weighted by molar-refractivity contribution is -0.449. The summed E-state index contributed by atoms with van der Waals surface area (Å²) >= 11 is 0. The van der Waals surface area contributed by atoms with E-state index in [9.17, 15) is 14.0 Å². The molecule has 13 heteroatoms. The average Bonchev–Trinajstić information content (AvgIpc) is 2.74. The molecule has 0 radical (unpaired) electrons. The summed E-state index contributed by atoms with van der Waals surface area (Å²) in [6.45, 7) is 4.23. The Balaban J connectivity index is 2.26. The zero-order valence-electron chi connectivity index (χ0n) is 17.2. The van der Waals surface area contributed by atoms with E-state index in [2.05, 4.69) is 22.6 Å². The molecular weight excluding hydrogens is 475 g/mol. The first-order chi connectivity index (χ1) is 14.9. The van der Waals surface area contributed by atoms with Gasteiger partial charge in [0, 0.05) is 11.1 Å². The van der Waals surface area contributed by atoms with Gasteiger partial charge in [-0.15, -0.1) is 0 Å². The molecule has 4 fully saturated rings. The zero-order valence-corrected chi connectivity index (χ0v) is 17.2. The third-order valence-electron chi connectivity index (χ3n) is 6.88. The van der Waals surface area contributed by atoms with E-state index in [1.807, 2.05) is 0 Å². The van der Waals surface area contributed by atoms with Crippen molar-refractivity contribution in [1.82, 2.24) is 0 Å². The van der Waals surface area contributed by atoms with Crippen molar-refractivity contribution in [3.05, 3.63) is 24.3 Å². The molecule has 9 atom stereocenters. The first-order valence-electron chi connectivity index (χ1n) is 9.54. The molecule has 0 aromatic rings. The van der Waals surface area contributed by atoms with Crippen molar-refractivity contribution < 1.29 is 58.6 Å². The summed E-state index contributed by atoms with van der Waals surface area (Å²) < 4.78 is 146. The van der Waals surface area contributed by atoms with E-state index < -0.39 is 95.2 Å². The van der Waals surface area contributed by atoms with E-state index in [0.29, 0.717) is 0 Å². The van der Waals surface area contributed by atoms with Gasteiger partial charge in [-0.2, -0.15) is 0 Å². The molecule has 4 aliphatic rings. The molecule has 4 bridgehead atoms. The number of carbonyl (C=O) groups is 2. The van der Waals surface area contributed by atoms with Gasteiger partial charge in [-0.1, -0.05) is 13.2 Å². The van der Waals surface area contributed by atoms with Crippen LogP contribution in [0.25, 0.3) is 0 Å². The highest BCUT2D eigenvalue weighted by Crippen LogP contribution is 2.78. The number of esters is 2. The summed E-state index contributed by atoms with van der Waals surface area (Å²) in [6, 6.07) is 0. The predicted octanol–water partition coefficient (Wildman–Crippen LogP) is 3.98. The second-order valence-corrected chi connectivity index (χ2v) is 8.85. The van der Waals surface area contributed by atoms with Crippen LogP contribution in [0.3, 0.4) is 0 Å². The minimum atomic E-state index is -5.68. The minimum absolute atomic E-state index is 0.423. The molecule has 4 saturated carbocycles. The topological polar surface area (TPSA) is 52.6 Å². The Morgan fingerprint density at radius 3 is 1.64 bits per heavy atom. The standard InChI is InChI=1S/C20H19F9O4/c1-7(2)9(30)32-5-16-11(21)17(6-33-10(31)8(3)4)14(24)18(26,12(16)22)15(25)19(27,13(16)23)20(17,28)29/h11-15H,1,3,5-6H2,2,4H3. The van der Waals surface area contributed by atoms with Crippen LogP contribution in [0.5, 0.6) is 0 Å². The lowest BCUT2D eigenvalue weighted by Crippen LogP contribution is -2.96. The summed E-state index contributed by atoms with van der Waals surface area (Å²) in [5, 5.41) is 0. The van der Waals surface area contributed by atoms with Crippen molar-refractivity contribution in [2.45, 2.75) is 62.0 Å². The minimum Gasteiger partial charge on any atom is -0.461 e. The van der Waals surface area contributed by atoms with Gasteiger partial charge in [0.1, 0.15) is 30.2 Å². The summed E-state index contributed by atoms with van der Waals surface area (Å²) in [5.74, 6) is -8.64. The highest BCUT2D eigenvalue weighted by Gasteiger charge is 3.01. The number of hydrogen-bond acceptors (Lipinski definition) is 4. The molecule has 4 aliphatic carbocycles. The number of rotatable bonds is 6. The number of halogens is 9. The monoisotopic (exact) mass is 494 g/mol. The second-order valence-electron chi connectivity index (χ2n) is 8.85. The Hall–Kier alpha value is -2.21. The van der Waals surface area contributed by atoms with Crippen molar-refractivity contribution in [3.8, 4) is 0 Å². The third-order valence-corrected chi connectivity index (χ3v) is 6.88. The van der Waals surface area contributed by atoms with Crippen molar-refractivity contribution in [1.29, 1.82) is 0 Å². The van der Waals surface area contributed by atoms with Crippen LogP contribution in [-0.2, 0) is 19.1 Å². The van der Waals surface area contributed by atoms with Crippen LogP contribution in [0.15, 0.2) is 24.3 Å². The van der Waals surface area contributed by atoms with Gasteiger partial charge in [0.2, 0.25) is 11.3 Å². The second kappa shape index (κ2) is 7.14. The van der Waals surface area contributed by atoms with Crippen LogP contribution < -0.4 is 0 Å². The lowest BCUT2D eigenvalue weighted by Gasteiger charge is -2.72. The van der Waals surface area contributed by atoms with Gasteiger partial charge in [-0.25, -0.2) is 49.1 Å². The fourth-order valence-electron chi connectivity index (χ4n) is 5.10. The fraction of sp³-hybridized carbons (Fsp3) is 0.700. The summed E-state index contributed by atoms with van der Waals surface area (Å²) in [6.07, 6.45) is -20.4. The van der Waals surface area contributed by atoms with Gasteiger partial charge in [0.05, 0.1) is 0 Å². The molecule has 0 spiro atoms. The van der Waals surface area contributed by atoms with Crippen molar-refractivity contribution in [2.75, 3.05) is 13.2 Å². The van der Waals surface area contributed by atoms with E-state index >= 15 is 35.1 Å². The quantitative estimate of drug-likeness (QED) is 0.319. The van der Waals surface area contributed by atoms with Crippen LogP contribution in [0.2, 0.25) is 0 Å². The number of ether oxygens (including phenoxy) is 2. The van der Waals surface area contributed by atoms with E-state index in [4.69, 9.17) is 0 Å². The number of carbonyl (C=O) groups excluding carboxylic acids is 2. The fourth-order valence-corrected chi connectivity index (χ4v) is 5.10. The highest BCUT2D eigenvalue weighted by atomic mass is 19.3. The van der Waals surface area contributed by atoms with Crippen LogP contribution >= 0.6 is 0 Å². The highest BCUT2D eigenvalue weighted by molar-refractivity contribution is 5.87. The smallest absolute Gasteiger partial charge is 0.333 e. The molecule has 0 amide bonds. The number of hydrogen-bond donors (Lipinski definition) is 0. The normalized spacial score (nSPS) is 47.2. The molecule has 9 unspecified atom stereocenters. The molecule has 0 saturated heterocycles. The summed E-state index contributed by atoms with van der Waals surface area (Å²) in [4.78, 5) is 23.4. The first kappa shape index (κ1) is 25.4. The van der Waals surface area contributed by atoms with Crippen molar-refractivity contribution in [3.63, 3.8) is 0 Å². The van der Waals surface area contributed by atoms with E-state index in [0.717, 1.165) is 13.8 Å². The van der Waals surface area contributed by atoms with Gasteiger partial charge in [-0.3, -0.25) is 0 Å². The Morgan fingerprint density at radius 2 is 1.18 bits per heavy atom. The van der Waals surface area contributed by atoms with Gasteiger partial charge in [-0.05, 0) is 13.8 Å². The Morgan fingerprint density at radius 1 is 0.727 bits per heavy atom. The first-order valence-corrected chi connectivity index (χ1v) is 9.54. The molecule has 0 aromatic heterocycles. The molecule has 0 N–H and O–H groups in total. The maximum absolute atomic E-state index is 15.7. The van der Waals surface area contributed by atoms with Gasteiger partial charge >= 0.3 is 17.9 Å². The van der Waals surface area contributed by atoms with Gasteiger partial charge in [0.15, 0.2) is 24.7 Å². The lowest BCUT2D eigenvalue weighted by atomic mass is 9.37. The van der Waals surface area contributed by atoms with Gasteiger partial charge < -0.3 is 9.47 Å². The third kappa shape index (κ3) is 2.51. The maximum Gasteiger partial charge on any atom is 0.333 e. The molecule has 4 nitrogen and oxygen atoms in total. The zero-order chi connectivity index (χ0) is 25.5. The van der Waals surface area contributed by atoms with E-state index in [-0.39, 0.29) is 0 Å². The molecule has 33 heavy (non-hydrogen) atoms. The molecule has 0 heterocycles. The number of alkyl halides is 9. The largest absolute Gasteiger partial charge is 0.461 e. The molecule has 186 valence electrons. The molecule has 4 rings (SSSR count). The molecule has 0 aliphatic heterocycles. The molecular formula is C20H19F9O4.